The number of carbonyl (C=O) groups excluding carboxylic acids is 1. The topological polar surface area (TPSA) is 121 Å². The fourth-order valence-corrected chi connectivity index (χ4v) is 6.26. The Balaban J connectivity index is 1.40. The lowest BCUT2D eigenvalue weighted by Gasteiger charge is -2.60. The number of nitrogens with one attached hydrogen (secondary N) is 3. The molecule has 0 unspecified atom stereocenters. The highest BCUT2D eigenvalue weighted by molar-refractivity contribution is 5.94. The van der Waals surface area contributed by atoms with E-state index >= 15 is 0 Å². The van der Waals surface area contributed by atoms with E-state index in [0.717, 1.165) is 49.1 Å². The van der Waals surface area contributed by atoms with E-state index in [0.29, 0.717) is 34.7 Å². The van der Waals surface area contributed by atoms with Crippen LogP contribution >= 0.6 is 0 Å². The number of carbonyl (C=O) groups is 1. The molecule has 5 N–H and O–H groups in total. The number of hydrogen-bond donors (Lipinski definition) is 4. The van der Waals surface area contributed by atoms with E-state index in [9.17, 15) is 4.79 Å². The Kier molecular flexibility index (Phi) is 6.29. The summed E-state index contributed by atoms with van der Waals surface area (Å²) in [5.41, 5.74) is 8.12. The Morgan fingerprint density at radius 1 is 1.20 bits per heavy atom. The molecule has 1 amide bonds. The van der Waals surface area contributed by atoms with Crippen molar-refractivity contribution >= 4 is 29.4 Å². The Hall–Kier alpha value is -2.94. The molecule has 0 spiro atoms. The van der Waals surface area contributed by atoms with E-state index in [4.69, 9.17) is 15.7 Å². The quantitative estimate of drug-likeness (QED) is 0.456. The van der Waals surface area contributed by atoms with E-state index in [1.165, 1.54) is 19.3 Å². The molecular weight excluding hydrogens is 440 g/mol. The van der Waals surface area contributed by atoms with Crippen molar-refractivity contribution < 1.29 is 4.79 Å². The number of aromatic nitrogens is 3. The third-order valence-electron chi connectivity index (χ3n) is 8.64. The van der Waals surface area contributed by atoms with Crippen molar-refractivity contribution in [3.63, 3.8) is 0 Å². The highest BCUT2D eigenvalue weighted by atomic mass is 16.1. The number of anilines is 4. The summed E-state index contributed by atoms with van der Waals surface area (Å²) < 4.78 is 0. The largest absolute Gasteiger partial charge is 0.366 e. The second-order valence-corrected chi connectivity index (χ2v) is 11.2. The SMILES string of the molecule is Cc1ccc(C(N)=O)cc1Nc1nc(N[C@H]2CCNC2)nc(N(C)C[C@@H]2CC[C@H]3C[C@H]2C3(C)C)n1. The van der Waals surface area contributed by atoms with Gasteiger partial charge >= 0.3 is 0 Å². The van der Waals surface area contributed by atoms with E-state index in [2.05, 4.69) is 46.7 Å². The van der Waals surface area contributed by atoms with Crippen molar-refractivity contribution in [2.24, 2.45) is 28.9 Å². The molecule has 188 valence electrons. The van der Waals surface area contributed by atoms with Gasteiger partial charge in [0.25, 0.3) is 0 Å². The molecule has 6 rings (SSSR count). The smallest absolute Gasteiger partial charge is 0.248 e. The van der Waals surface area contributed by atoms with Gasteiger partial charge in [-0.1, -0.05) is 19.9 Å². The van der Waals surface area contributed by atoms with Gasteiger partial charge < -0.3 is 26.6 Å². The summed E-state index contributed by atoms with van der Waals surface area (Å²) in [6, 6.07) is 5.63. The van der Waals surface area contributed by atoms with Gasteiger partial charge in [-0.2, -0.15) is 15.0 Å². The van der Waals surface area contributed by atoms with E-state index < -0.39 is 5.91 Å². The molecule has 2 heterocycles. The zero-order chi connectivity index (χ0) is 24.7. The molecule has 1 aromatic carbocycles. The lowest BCUT2D eigenvalue weighted by molar-refractivity contribution is -0.102. The lowest BCUT2D eigenvalue weighted by atomic mass is 9.45. The molecule has 0 radical (unpaired) electrons. The average Bonchev–Trinajstić information content (AvgIpc) is 3.33. The fourth-order valence-electron chi connectivity index (χ4n) is 6.26. The molecule has 35 heavy (non-hydrogen) atoms. The Morgan fingerprint density at radius 3 is 2.69 bits per heavy atom. The zero-order valence-corrected chi connectivity index (χ0v) is 21.3. The molecule has 4 aliphatic rings. The molecule has 1 aliphatic heterocycles. The number of amides is 1. The highest BCUT2D eigenvalue weighted by Crippen LogP contribution is 2.61. The van der Waals surface area contributed by atoms with Gasteiger partial charge in [-0.25, -0.2) is 0 Å². The van der Waals surface area contributed by atoms with Crippen LogP contribution in [0.25, 0.3) is 0 Å². The predicted octanol–water partition coefficient (Wildman–Crippen LogP) is 3.30. The molecule has 3 aliphatic carbocycles. The Labute approximate surface area is 207 Å². The normalized spacial score (nSPS) is 26.6. The summed E-state index contributed by atoms with van der Waals surface area (Å²) in [7, 11) is 2.08. The minimum absolute atomic E-state index is 0.286. The summed E-state index contributed by atoms with van der Waals surface area (Å²) in [6.45, 7) is 9.65. The predicted molar refractivity (Wildman–Crippen MR) is 139 cm³/mol. The van der Waals surface area contributed by atoms with Crippen molar-refractivity contribution in [2.45, 2.75) is 52.5 Å². The fraction of sp³-hybridized carbons (Fsp3) is 0.615. The molecule has 1 saturated heterocycles. The summed E-state index contributed by atoms with van der Waals surface area (Å²) >= 11 is 0. The van der Waals surface area contributed by atoms with E-state index in [-0.39, 0.29) is 6.04 Å². The number of hydrogen-bond acceptors (Lipinski definition) is 8. The summed E-state index contributed by atoms with van der Waals surface area (Å²) in [6.07, 6.45) is 4.98. The molecule has 3 saturated carbocycles. The molecule has 4 atom stereocenters. The molecule has 9 nitrogen and oxygen atoms in total. The second kappa shape index (κ2) is 9.26. The molecule has 2 bridgehead atoms. The maximum atomic E-state index is 11.7. The Morgan fingerprint density at radius 2 is 2.00 bits per heavy atom. The standard InChI is InChI=1S/C26H38N8O/c1-15-5-6-16(22(27)35)11-21(15)30-24-31-23(29-19-9-10-28-13-19)32-25(33-24)34(4)14-17-7-8-18-12-20(17)26(18,2)3/h5-6,11,17-20,28H,7-10,12-14H2,1-4H3,(H2,27,35)(H2,29,30,31,32,33)/t17-,18-,19-,20+/m0/s1. The van der Waals surface area contributed by atoms with E-state index in [1.54, 1.807) is 12.1 Å². The number of primary amides is 1. The van der Waals surface area contributed by atoms with Gasteiger partial charge in [0, 0.05) is 37.4 Å². The van der Waals surface area contributed by atoms with Crippen LogP contribution in [0.3, 0.4) is 0 Å². The van der Waals surface area contributed by atoms with Crippen LogP contribution in [-0.2, 0) is 0 Å². The second-order valence-electron chi connectivity index (χ2n) is 11.2. The molecule has 1 aromatic heterocycles. The number of rotatable bonds is 8. The number of nitrogens with two attached hydrogens (primary N) is 1. The lowest BCUT2D eigenvalue weighted by Crippen LogP contribution is -2.54. The maximum Gasteiger partial charge on any atom is 0.248 e. The van der Waals surface area contributed by atoms with Crippen LogP contribution in [0.5, 0.6) is 0 Å². The van der Waals surface area contributed by atoms with E-state index in [1.807, 2.05) is 13.0 Å². The molecule has 9 heteroatoms. The maximum absolute atomic E-state index is 11.7. The summed E-state index contributed by atoms with van der Waals surface area (Å²) in [4.78, 5) is 28.1. The van der Waals surface area contributed by atoms with Gasteiger partial charge in [-0.05, 0) is 80.0 Å². The highest BCUT2D eigenvalue weighted by Gasteiger charge is 2.54. The van der Waals surface area contributed by atoms with Crippen LogP contribution in [0, 0.1) is 30.1 Å². The number of fused-ring (bicyclic) bond motifs is 2. The van der Waals surface area contributed by atoms with Crippen LogP contribution in [0.2, 0.25) is 0 Å². The summed E-state index contributed by atoms with van der Waals surface area (Å²) in [5, 5.41) is 10.2. The summed E-state index contributed by atoms with van der Waals surface area (Å²) in [5.74, 6) is 3.51. The number of benzene rings is 1. The van der Waals surface area contributed by atoms with Crippen molar-refractivity contribution in [1.29, 1.82) is 0 Å². The third-order valence-corrected chi connectivity index (χ3v) is 8.64. The van der Waals surface area contributed by atoms with Crippen LogP contribution in [-0.4, -0.2) is 53.6 Å². The first kappa shape index (κ1) is 23.8. The van der Waals surface area contributed by atoms with Gasteiger partial charge in [0.05, 0.1) is 0 Å². The molecule has 4 fully saturated rings. The van der Waals surface area contributed by atoms with Crippen LogP contribution in [0.4, 0.5) is 23.5 Å². The molecule has 2 aromatic rings. The van der Waals surface area contributed by atoms with Crippen molar-refractivity contribution in [2.75, 3.05) is 42.2 Å². The number of nitrogens with zero attached hydrogens (tertiary/aromatic N) is 4. The average molecular weight is 479 g/mol. The Bertz CT molecular complexity index is 1090. The van der Waals surface area contributed by atoms with Gasteiger partial charge in [-0.3, -0.25) is 4.79 Å². The van der Waals surface area contributed by atoms with Crippen LogP contribution in [0.15, 0.2) is 18.2 Å². The monoisotopic (exact) mass is 478 g/mol. The van der Waals surface area contributed by atoms with Gasteiger partial charge in [-0.15, -0.1) is 0 Å². The minimum Gasteiger partial charge on any atom is -0.366 e. The third kappa shape index (κ3) is 4.78. The van der Waals surface area contributed by atoms with Crippen molar-refractivity contribution in [3.05, 3.63) is 29.3 Å². The van der Waals surface area contributed by atoms with Gasteiger partial charge in [0.1, 0.15) is 0 Å². The van der Waals surface area contributed by atoms with Crippen LogP contribution < -0.4 is 26.6 Å². The first-order valence-corrected chi connectivity index (χ1v) is 12.8. The first-order valence-electron chi connectivity index (χ1n) is 12.8. The minimum atomic E-state index is -0.464. The van der Waals surface area contributed by atoms with Crippen LogP contribution in [0.1, 0.15) is 55.5 Å². The number of aryl methyl sites for hydroxylation is 1. The molecular formula is C26H38N8O. The van der Waals surface area contributed by atoms with Gasteiger partial charge in [0.15, 0.2) is 0 Å². The van der Waals surface area contributed by atoms with Crippen molar-refractivity contribution in [3.8, 4) is 0 Å². The van der Waals surface area contributed by atoms with Crippen molar-refractivity contribution in [1.82, 2.24) is 20.3 Å². The zero-order valence-electron chi connectivity index (χ0n) is 21.3. The van der Waals surface area contributed by atoms with Gasteiger partial charge in [0.2, 0.25) is 23.8 Å². The first-order chi connectivity index (χ1) is 16.7.